The number of hydrogen-bond acceptors (Lipinski definition) is 7. The molecule has 132 valence electrons. The van der Waals surface area contributed by atoms with E-state index < -0.39 is 15.3 Å². The minimum absolute atomic E-state index is 0.0313. The summed E-state index contributed by atoms with van der Waals surface area (Å²) in [5, 5.41) is 18.3. The van der Waals surface area contributed by atoms with Gasteiger partial charge in [0.05, 0.1) is 51.1 Å². The Morgan fingerprint density at radius 3 is 2.04 bits per heavy atom. The second-order valence-corrected chi connectivity index (χ2v) is 6.94. The first-order valence-electron chi connectivity index (χ1n) is 7.31. The summed E-state index contributed by atoms with van der Waals surface area (Å²) in [5.74, 6) is 0. The molecule has 0 heterocycles. The summed E-state index contributed by atoms with van der Waals surface area (Å²) >= 11 is 0. The van der Waals surface area contributed by atoms with Crippen molar-refractivity contribution in [3.05, 3.63) is 29.8 Å². The van der Waals surface area contributed by atoms with Crippen molar-refractivity contribution in [2.75, 3.05) is 46.2 Å². The highest BCUT2D eigenvalue weighted by Gasteiger charge is 2.25. The molecule has 7 nitrogen and oxygen atoms in total. The second kappa shape index (κ2) is 10.7. The Morgan fingerprint density at radius 2 is 1.48 bits per heavy atom. The van der Waals surface area contributed by atoms with Gasteiger partial charge in [0.25, 0.3) is 0 Å². The normalized spacial score (nSPS) is 13.2. The van der Waals surface area contributed by atoms with Crippen LogP contribution in [0, 0.1) is 6.92 Å². The zero-order chi connectivity index (χ0) is 17.1. The van der Waals surface area contributed by atoms with Gasteiger partial charge in [-0.25, -0.2) is 8.42 Å². The molecular formula is C15H24O7S. The van der Waals surface area contributed by atoms with Gasteiger partial charge in [-0.15, -0.1) is 0 Å². The quantitative estimate of drug-likeness (QED) is 0.518. The molecule has 0 radical (unpaired) electrons. The molecular weight excluding hydrogens is 324 g/mol. The van der Waals surface area contributed by atoms with Crippen LogP contribution >= 0.6 is 0 Å². The zero-order valence-electron chi connectivity index (χ0n) is 13.2. The maximum Gasteiger partial charge on any atom is 0.207 e. The fourth-order valence-corrected chi connectivity index (χ4v) is 2.77. The lowest BCUT2D eigenvalue weighted by Crippen LogP contribution is -2.27. The zero-order valence-corrected chi connectivity index (χ0v) is 14.0. The summed E-state index contributed by atoms with van der Waals surface area (Å²) in [4.78, 5) is 0.0662. The SMILES string of the molecule is Cc1ccc(S(=O)(=O)C(O)COCCOCCOCCO)cc1. The van der Waals surface area contributed by atoms with Crippen LogP contribution in [0.15, 0.2) is 29.2 Å². The van der Waals surface area contributed by atoms with Gasteiger partial charge in [0, 0.05) is 0 Å². The van der Waals surface area contributed by atoms with Crippen molar-refractivity contribution in [3.8, 4) is 0 Å². The van der Waals surface area contributed by atoms with Crippen LogP contribution in [0.1, 0.15) is 5.56 Å². The van der Waals surface area contributed by atoms with Crippen LogP contribution < -0.4 is 0 Å². The van der Waals surface area contributed by atoms with E-state index in [1.165, 1.54) is 12.1 Å². The van der Waals surface area contributed by atoms with Crippen molar-refractivity contribution in [1.82, 2.24) is 0 Å². The number of benzene rings is 1. The first-order valence-corrected chi connectivity index (χ1v) is 8.86. The number of sulfone groups is 1. The van der Waals surface area contributed by atoms with E-state index in [4.69, 9.17) is 19.3 Å². The van der Waals surface area contributed by atoms with Crippen molar-refractivity contribution in [1.29, 1.82) is 0 Å². The molecule has 1 atom stereocenters. The van der Waals surface area contributed by atoms with Crippen LogP contribution in [0.4, 0.5) is 0 Å². The lowest BCUT2D eigenvalue weighted by atomic mass is 10.2. The number of rotatable bonds is 12. The number of aliphatic hydroxyl groups is 2. The molecule has 23 heavy (non-hydrogen) atoms. The molecule has 0 fully saturated rings. The molecule has 0 amide bonds. The molecule has 0 aromatic heterocycles. The fraction of sp³-hybridized carbons (Fsp3) is 0.600. The predicted octanol–water partition coefficient (Wildman–Crippen LogP) is 0.129. The molecule has 1 aromatic carbocycles. The highest BCUT2D eigenvalue weighted by molar-refractivity contribution is 7.91. The van der Waals surface area contributed by atoms with Gasteiger partial charge < -0.3 is 24.4 Å². The molecule has 0 saturated carbocycles. The molecule has 1 rings (SSSR count). The minimum atomic E-state index is -3.82. The lowest BCUT2D eigenvalue weighted by Gasteiger charge is -2.13. The number of hydrogen-bond donors (Lipinski definition) is 2. The van der Waals surface area contributed by atoms with E-state index in [0.29, 0.717) is 13.2 Å². The molecule has 1 aromatic rings. The Balaban J connectivity index is 2.23. The van der Waals surface area contributed by atoms with Crippen LogP contribution in [-0.2, 0) is 24.0 Å². The average Bonchev–Trinajstić information content (AvgIpc) is 2.53. The Bertz CT molecular complexity index is 527. The van der Waals surface area contributed by atoms with Crippen LogP contribution in [-0.4, -0.2) is 70.3 Å². The number of ether oxygens (including phenoxy) is 3. The van der Waals surface area contributed by atoms with Gasteiger partial charge in [-0.1, -0.05) is 17.7 Å². The molecule has 1 unspecified atom stereocenters. The van der Waals surface area contributed by atoms with E-state index >= 15 is 0 Å². The van der Waals surface area contributed by atoms with Gasteiger partial charge in [0.15, 0.2) is 5.44 Å². The van der Waals surface area contributed by atoms with E-state index in [-0.39, 0.29) is 37.9 Å². The largest absolute Gasteiger partial charge is 0.394 e. The smallest absolute Gasteiger partial charge is 0.207 e. The van der Waals surface area contributed by atoms with Crippen LogP contribution in [0.25, 0.3) is 0 Å². The number of aryl methyl sites for hydroxylation is 1. The van der Waals surface area contributed by atoms with Crippen molar-refractivity contribution in [2.45, 2.75) is 17.3 Å². The maximum absolute atomic E-state index is 12.1. The molecule has 0 aliphatic rings. The van der Waals surface area contributed by atoms with Crippen LogP contribution in [0.2, 0.25) is 0 Å². The Labute approximate surface area is 136 Å². The van der Waals surface area contributed by atoms with Gasteiger partial charge in [0.1, 0.15) is 0 Å². The summed E-state index contributed by atoms with van der Waals surface area (Å²) in [7, 11) is -3.82. The lowest BCUT2D eigenvalue weighted by molar-refractivity contribution is -0.00167. The molecule has 0 aliphatic carbocycles. The van der Waals surface area contributed by atoms with E-state index in [2.05, 4.69) is 0 Å². The Kier molecular flexibility index (Phi) is 9.30. The van der Waals surface area contributed by atoms with Crippen molar-refractivity contribution >= 4 is 9.84 Å². The monoisotopic (exact) mass is 348 g/mol. The summed E-state index contributed by atoms with van der Waals surface area (Å²) in [6, 6.07) is 6.27. The van der Waals surface area contributed by atoms with Gasteiger partial charge in [-0.05, 0) is 19.1 Å². The fourth-order valence-electron chi connectivity index (χ4n) is 1.66. The highest BCUT2D eigenvalue weighted by Crippen LogP contribution is 2.15. The first kappa shape index (κ1) is 20.0. The summed E-state index contributed by atoms with van der Waals surface area (Å²) in [6.07, 6.45) is 0. The van der Waals surface area contributed by atoms with Gasteiger partial charge in [-0.3, -0.25) is 0 Å². The third-order valence-electron chi connectivity index (χ3n) is 2.95. The molecule has 0 aliphatic heterocycles. The molecule has 2 N–H and O–H groups in total. The highest BCUT2D eigenvalue weighted by atomic mass is 32.2. The number of aliphatic hydroxyl groups excluding tert-OH is 2. The van der Waals surface area contributed by atoms with E-state index in [9.17, 15) is 13.5 Å². The molecule has 0 spiro atoms. The van der Waals surface area contributed by atoms with Crippen LogP contribution in [0.5, 0.6) is 0 Å². The third-order valence-corrected chi connectivity index (χ3v) is 4.73. The van der Waals surface area contributed by atoms with Gasteiger partial charge >= 0.3 is 0 Å². The molecule has 0 saturated heterocycles. The average molecular weight is 348 g/mol. The van der Waals surface area contributed by atoms with E-state index in [1.54, 1.807) is 12.1 Å². The van der Waals surface area contributed by atoms with Crippen molar-refractivity contribution < 1.29 is 32.8 Å². The van der Waals surface area contributed by atoms with Crippen LogP contribution in [0.3, 0.4) is 0 Å². The van der Waals surface area contributed by atoms with E-state index in [0.717, 1.165) is 5.56 Å². The summed E-state index contributed by atoms with van der Waals surface area (Å²) in [5.41, 5.74) is -0.673. The van der Waals surface area contributed by atoms with Crippen molar-refractivity contribution in [3.63, 3.8) is 0 Å². The third kappa shape index (κ3) is 7.38. The second-order valence-electron chi connectivity index (χ2n) is 4.84. The Morgan fingerprint density at radius 1 is 0.957 bits per heavy atom. The minimum Gasteiger partial charge on any atom is -0.394 e. The predicted molar refractivity (Wildman–Crippen MR) is 83.9 cm³/mol. The molecule has 0 bridgehead atoms. The molecule has 8 heteroatoms. The standard InChI is InChI=1S/C15H24O7S/c1-13-2-4-14(5-3-13)23(18,19)15(17)12-22-11-10-21-9-8-20-7-6-16/h2-5,15-17H,6-12H2,1H3. The first-order chi connectivity index (χ1) is 11.0. The van der Waals surface area contributed by atoms with Gasteiger partial charge in [-0.2, -0.15) is 0 Å². The summed E-state index contributed by atoms with van der Waals surface area (Å²) < 4.78 is 39.5. The Hall–Kier alpha value is -1.03. The maximum atomic E-state index is 12.1. The van der Waals surface area contributed by atoms with E-state index in [1.807, 2.05) is 6.92 Å². The van der Waals surface area contributed by atoms with Crippen molar-refractivity contribution in [2.24, 2.45) is 0 Å². The summed E-state index contributed by atoms with van der Waals surface area (Å²) in [6.45, 7) is 2.92. The topological polar surface area (TPSA) is 102 Å². The van der Waals surface area contributed by atoms with Gasteiger partial charge in [0.2, 0.25) is 9.84 Å².